The zero-order chi connectivity index (χ0) is 35.1. The van der Waals surface area contributed by atoms with Crippen LogP contribution in [0.1, 0.15) is 91.6 Å². The van der Waals surface area contributed by atoms with Crippen LogP contribution in [0.2, 0.25) is 0 Å². The third-order valence-electron chi connectivity index (χ3n) is 9.55. The second-order valence-corrected chi connectivity index (χ2v) is 13.2. The van der Waals surface area contributed by atoms with Crippen molar-refractivity contribution in [2.24, 2.45) is 5.41 Å². The molecule has 1 aromatic heterocycles. The monoisotopic (exact) mass is 652 g/mol. The minimum atomic E-state index is -4.81. The number of fused-ring (bicyclic) bond motifs is 2. The molecule has 0 bridgehead atoms. The number of likely N-dealkylation sites (tertiary alicyclic amines) is 1. The number of phenolic OH excluding ortho intramolecular Hbond substituents is 1. The number of rotatable bonds is 12. The smallest absolute Gasteiger partial charge is 0.412 e. The number of ether oxygens (including phenoxy) is 1. The van der Waals surface area contributed by atoms with Crippen LogP contribution in [0.3, 0.4) is 0 Å². The Morgan fingerprint density at radius 2 is 1.94 bits per heavy atom. The van der Waals surface area contributed by atoms with E-state index < -0.39 is 30.0 Å². The van der Waals surface area contributed by atoms with Gasteiger partial charge in [0.25, 0.3) is 0 Å². The molecule has 1 N–H and O–H groups in total. The van der Waals surface area contributed by atoms with Gasteiger partial charge < -0.3 is 19.6 Å². The lowest BCUT2D eigenvalue weighted by atomic mass is 9.95. The molecule has 6 nitrogen and oxygen atoms in total. The molecular weight excluding hydrogens is 608 g/mol. The number of aromatic nitrogens is 2. The molecule has 2 fully saturated rings. The molecule has 3 aromatic rings. The first-order chi connectivity index (χ1) is 23.3. The predicted octanol–water partition coefficient (Wildman–Crippen LogP) is 6.75. The fourth-order valence-electron chi connectivity index (χ4n) is 6.82. The van der Waals surface area contributed by atoms with Crippen molar-refractivity contribution >= 4 is 28.7 Å². The molecule has 2 unspecified atom stereocenters. The minimum absolute atomic E-state index is 0.0339. The van der Waals surface area contributed by atoms with E-state index in [1.165, 1.54) is 18.3 Å². The molecule has 2 aromatic carbocycles. The van der Waals surface area contributed by atoms with Crippen molar-refractivity contribution in [2.45, 2.75) is 89.8 Å². The number of aromatic hydroxyl groups is 1. The Morgan fingerprint density at radius 1 is 1.17 bits per heavy atom. The molecule has 6 rings (SSSR count). The normalized spacial score (nSPS) is 20.4. The maximum Gasteiger partial charge on any atom is 0.412 e. The largest absolute Gasteiger partial charge is 0.508 e. The maximum atomic E-state index is 15.0. The number of anilines is 1. The highest BCUT2D eigenvalue weighted by molar-refractivity contribution is 6.01. The van der Waals surface area contributed by atoms with Crippen LogP contribution >= 0.6 is 0 Å². The summed E-state index contributed by atoms with van der Waals surface area (Å²) in [6.45, 7) is 4.23. The van der Waals surface area contributed by atoms with E-state index in [1.807, 2.05) is 6.92 Å². The van der Waals surface area contributed by atoms with Crippen LogP contribution < -0.4 is 20.2 Å². The highest BCUT2D eigenvalue weighted by Crippen LogP contribution is 2.47. The molecule has 2 atom stereocenters. The Hall–Kier alpha value is -3.84. The maximum absolute atomic E-state index is 15.0. The van der Waals surface area contributed by atoms with Crippen LogP contribution in [0, 0.1) is 23.6 Å². The molecule has 0 spiro atoms. The van der Waals surface area contributed by atoms with Gasteiger partial charge in [-0.15, -0.1) is 6.42 Å². The van der Waals surface area contributed by atoms with E-state index in [2.05, 4.69) is 27.7 Å². The van der Waals surface area contributed by atoms with Gasteiger partial charge in [0, 0.05) is 34.8 Å². The van der Waals surface area contributed by atoms with E-state index >= 15 is 0 Å². The van der Waals surface area contributed by atoms with Crippen LogP contribution in [-0.4, -0.2) is 58.4 Å². The summed E-state index contributed by atoms with van der Waals surface area (Å²) in [5, 5.41) is 11.2. The second kappa shape index (κ2) is 13.3. The zero-order valence-corrected chi connectivity index (χ0v) is 26.8. The summed E-state index contributed by atoms with van der Waals surface area (Å²) in [4.78, 5) is 12.3. The summed E-state index contributed by atoms with van der Waals surface area (Å²) in [7, 11) is 0. The minimum Gasteiger partial charge on any atom is -0.508 e. The van der Waals surface area contributed by atoms with Gasteiger partial charge in [0.2, 0.25) is 0 Å². The fraction of sp³-hybridized carbons (Fsp3) is 0.514. The zero-order valence-electron chi connectivity index (χ0n) is 28.8. The number of nitrogens with zero attached hydrogens (tertiary/aromatic N) is 4. The summed E-state index contributed by atoms with van der Waals surface area (Å²) in [6.07, 6.45) is 11.0. The highest BCUT2D eigenvalue weighted by Gasteiger charge is 2.46. The van der Waals surface area contributed by atoms with Crippen molar-refractivity contribution in [1.82, 2.24) is 14.9 Å². The number of terminal acetylenes is 1. The highest BCUT2D eigenvalue weighted by atomic mass is 19.4. The van der Waals surface area contributed by atoms with Crippen molar-refractivity contribution in [2.75, 3.05) is 31.1 Å². The summed E-state index contributed by atoms with van der Waals surface area (Å²) in [6, 6.07) is 2.41. The quantitative estimate of drug-likeness (QED) is 0.133. The first-order valence-corrected chi connectivity index (χ1v) is 16.6. The van der Waals surface area contributed by atoms with E-state index in [0.29, 0.717) is 31.5 Å². The van der Waals surface area contributed by atoms with E-state index in [0.717, 1.165) is 74.7 Å². The van der Waals surface area contributed by atoms with Crippen molar-refractivity contribution in [3.05, 3.63) is 51.9 Å². The standard InChI is InChI=1S/C37H42F4N4O2/c1-4-6-7-8-11-24(3)34-28-20-32(37(39,40)41)45(31-19-26(46)18-25-12-13-29(38)27(5-2)33(25)31)21-30(28)42-35(43-34)47-23-36(14-15-36)22-44-16-9-10-17-44/h2,12-13,18-21,24,32,46H,4,6-11,14-17,22-23H2,1,3H3/i23D2. The third-order valence-corrected chi connectivity index (χ3v) is 9.55. The Kier molecular flexibility index (Phi) is 8.66. The van der Waals surface area contributed by atoms with Crippen molar-refractivity contribution in [3.8, 4) is 24.1 Å². The SMILES string of the molecule is [2H]C([2H])(Oc1nc(C(C)CCCCCC)c2c(n1)=CN(c1cc(O)cc3ccc(F)c(C#C)c13)C(C(F)(F)F)C=2)C1(CN2CCCC2)CC1. The molecule has 1 saturated carbocycles. The van der Waals surface area contributed by atoms with Gasteiger partial charge in [-0.25, -0.2) is 4.39 Å². The van der Waals surface area contributed by atoms with Crippen LogP contribution in [0.25, 0.3) is 23.0 Å². The number of benzene rings is 2. The second-order valence-electron chi connectivity index (χ2n) is 13.2. The van der Waals surface area contributed by atoms with Crippen LogP contribution in [0.5, 0.6) is 11.8 Å². The molecular formula is C37H42F4N4O2. The number of hydrogen-bond donors (Lipinski definition) is 1. The van der Waals surface area contributed by atoms with E-state index in [4.69, 9.17) is 13.9 Å². The van der Waals surface area contributed by atoms with Gasteiger partial charge in [-0.3, -0.25) is 0 Å². The van der Waals surface area contributed by atoms with Gasteiger partial charge in [-0.1, -0.05) is 51.5 Å². The predicted molar refractivity (Wildman–Crippen MR) is 176 cm³/mol. The topological polar surface area (TPSA) is 61.7 Å². The molecule has 250 valence electrons. The fourth-order valence-corrected chi connectivity index (χ4v) is 6.82. The molecule has 47 heavy (non-hydrogen) atoms. The summed E-state index contributed by atoms with van der Waals surface area (Å²) < 4.78 is 83.9. The van der Waals surface area contributed by atoms with E-state index in [1.54, 1.807) is 0 Å². The van der Waals surface area contributed by atoms with Gasteiger partial charge in [-0.2, -0.15) is 23.1 Å². The van der Waals surface area contributed by atoms with Gasteiger partial charge >= 0.3 is 12.2 Å². The summed E-state index contributed by atoms with van der Waals surface area (Å²) in [5.41, 5.74) is -0.776. The third kappa shape index (κ3) is 7.06. The molecule has 3 aliphatic rings. The van der Waals surface area contributed by atoms with E-state index in [-0.39, 0.29) is 50.3 Å². The Bertz CT molecular complexity index is 1880. The van der Waals surface area contributed by atoms with Crippen LogP contribution in [-0.2, 0) is 0 Å². The lowest BCUT2D eigenvalue weighted by Gasteiger charge is -2.33. The van der Waals surface area contributed by atoms with E-state index in [9.17, 15) is 22.7 Å². The lowest BCUT2D eigenvalue weighted by molar-refractivity contribution is -0.132. The van der Waals surface area contributed by atoms with Gasteiger partial charge in [0.1, 0.15) is 17.6 Å². The van der Waals surface area contributed by atoms with Gasteiger partial charge in [0.05, 0.1) is 31.6 Å². The number of alkyl halides is 3. The van der Waals surface area contributed by atoms with Gasteiger partial charge in [-0.05, 0) is 74.7 Å². The van der Waals surface area contributed by atoms with Crippen LogP contribution in [0.4, 0.5) is 23.2 Å². The first-order valence-electron chi connectivity index (χ1n) is 17.6. The molecule has 0 amide bonds. The number of halogens is 4. The molecule has 10 heteroatoms. The summed E-state index contributed by atoms with van der Waals surface area (Å²) >= 11 is 0. The van der Waals surface area contributed by atoms with Crippen molar-refractivity contribution in [1.29, 1.82) is 0 Å². The Balaban J connectivity index is 1.51. The van der Waals surface area contributed by atoms with Crippen molar-refractivity contribution < 1.29 is 30.1 Å². The van der Waals surface area contributed by atoms with Crippen molar-refractivity contribution in [3.63, 3.8) is 0 Å². The molecule has 2 aliphatic heterocycles. The number of unbranched alkanes of at least 4 members (excludes halogenated alkanes) is 3. The Labute approximate surface area is 276 Å². The lowest BCUT2D eigenvalue weighted by Crippen LogP contribution is -2.51. The number of hydrogen-bond acceptors (Lipinski definition) is 6. The number of phenols is 1. The molecule has 1 saturated heterocycles. The molecule has 3 heterocycles. The first kappa shape index (κ1) is 30.5. The summed E-state index contributed by atoms with van der Waals surface area (Å²) in [5.74, 6) is 0.871. The molecule has 1 aliphatic carbocycles. The Morgan fingerprint density at radius 3 is 2.62 bits per heavy atom. The average molecular weight is 653 g/mol. The van der Waals surface area contributed by atoms with Gasteiger partial charge in [0.15, 0.2) is 0 Å². The molecule has 0 radical (unpaired) electrons. The average Bonchev–Trinajstić information content (AvgIpc) is 3.67. The van der Waals surface area contributed by atoms with Crippen LogP contribution in [0.15, 0.2) is 24.3 Å².